The number of rotatable bonds is 6. The molecule has 0 radical (unpaired) electrons. The zero-order chi connectivity index (χ0) is 17.9. The van der Waals surface area contributed by atoms with Gasteiger partial charge in [0.1, 0.15) is 20.0 Å². The first-order valence-electron chi connectivity index (χ1n) is 6.87. The molecule has 2 rings (SSSR count). The molecule has 2 aromatic rings. The number of carboxylic acids is 2. The van der Waals surface area contributed by atoms with E-state index in [1.807, 2.05) is 0 Å². The monoisotopic (exact) mass is 338 g/mol. The highest BCUT2D eigenvalue weighted by Crippen LogP contribution is 2.33. The third-order valence-electron chi connectivity index (χ3n) is 3.68. The molecule has 7 heteroatoms. The molecular weight excluding hydrogens is 325 g/mol. The molecule has 0 spiro atoms. The van der Waals surface area contributed by atoms with Gasteiger partial charge < -0.3 is 10.2 Å². The van der Waals surface area contributed by atoms with Crippen LogP contribution in [0.5, 0.6) is 0 Å². The minimum Gasteiger partial charge on any atom is -0.478 e. The standard InChI is InChI=1S/C17H13F3O4/c18-6-11-5-12(9-2-1-3-10(4-9)16(21)22)14(8-20)15(17(23)24)13(11)7-19/h1-5H,6-8H2,(H,21,22)(H,23,24). The fourth-order valence-electron chi connectivity index (χ4n) is 2.57. The van der Waals surface area contributed by atoms with E-state index in [2.05, 4.69) is 0 Å². The third-order valence-corrected chi connectivity index (χ3v) is 3.68. The van der Waals surface area contributed by atoms with Crippen LogP contribution in [-0.4, -0.2) is 22.2 Å². The molecule has 0 atom stereocenters. The van der Waals surface area contributed by atoms with E-state index in [1.165, 1.54) is 24.3 Å². The summed E-state index contributed by atoms with van der Waals surface area (Å²) in [6.45, 7) is -3.59. The van der Waals surface area contributed by atoms with E-state index < -0.39 is 43.1 Å². The molecule has 0 saturated carbocycles. The third kappa shape index (κ3) is 3.10. The van der Waals surface area contributed by atoms with E-state index in [1.54, 1.807) is 0 Å². The Hall–Kier alpha value is -2.83. The summed E-state index contributed by atoms with van der Waals surface area (Å²) in [6.07, 6.45) is 0. The van der Waals surface area contributed by atoms with E-state index >= 15 is 0 Å². The SMILES string of the molecule is O=C(O)c1cccc(-c2cc(CF)c(CF)c(C(=O)O)c2CF)c1. The van der Waals surface area contributed by atoms with Crippen molar-refractivity contribution in [1.82, 2.24) is 0 Å². The predicted molar refractivity (Wildman–Crippen MR) is 80.2 cm³/mol. The van der Waals surface area contributed by atoms with Crippen molar-refractivity contribution in [3.8, 4) is 11.1 Å². The maximum Gasteiger partial charge on any atom is 0.336 e. The smallest absolute Gasteiger partial charge is 0.336 e. The van der Waals surface area contributed by atoms with Crippen molar-refractivity contribution in [3.05, 3.63) is 58.1 Å². The van der Waals surface area contributed by atoms with E-state index in [0.717, 1.165) is 6.07 Å². The minimum atomic E-state index is -1.57. The van der Waals surface area contributed by atoms with Crippen LogP contribution in [0.3, 0.4) is 0 Å². The van der Waals surface area contributed by atoms with Crippen molar-refractivity contribution in [1.29, 1.82) is 0 Å². The molecule has 0 aromatic heterocycles. The van der Waals surface area contributed by atoms with Gasteiger partial charge in [-0.1, -0.05) is 12.1 Å². The van der Waals surface area contributed by atoms with Crippen LogP contribution in [0.1, 0.15) is 37.4 Å². The Morgan fingerprint density at radius 1 is 0.875 bits per heavy atom. The van der Waals surface area contributed by atoms with Crippen LogP contribution in [0.2, 0.25) is 0 Å². The largest absolute Gasteiger partial charge is 0.478 e. The summed E-state index contributed by atoms with van der Waals surface area (Å²) in [5.41, 5.74) is -1.39. The number of aromatic carboxylic acids is 2. The Balaban J connectivity index is 2.83. The quantitative estimate of drug-likeness (QED) is 0.829. The molecule has 24 heavy (non-hydrogen) atoms. The molecule has 0 saturated heterocycles. The highest BCUT2D eigenvalue weighted by molar-refractivity contribution is 5.95. The van der Waals surface area contributed by atoms with Crippen LogP contribution in [0.25, 0.3) is 11.1 Å². The van der Waals surface area contributed by atoms with E-state index in [9.17, 15) is 27.9 Å². The van der Waals surface area contributed by atoms with E-state index in [4.69, 9.17) is 5.11 Å². The average molecular weight is 338 g/mol. The number of carbonyl (C=O) groups is 2. The van der Waals surface area contributed by atoms with Gasteiger partial charge in [-0.2, -0.15) is 0 Å². The van der Waals surface area contributed by atoms with Gasteiger partial charge in [0.2, 0.25) is 0 Å². The van der Waals surface area contributed by atoms with Gasteiger partial charge >= 0.3 is 11.9 Å². The molecule has 0 fully saturated rings. The summed E-state index contributed by atoms with van der Waals surface area (Å²) in [4.78, 5) is 22.5. The lowest BCUT2D eigenvalue weighted by molar-refractivity contribution is 0.0683. The lowest BCUT2D eigenvalue weighted by Gasteiger charge is -2.17. The highest BCUT2D eigenvalue weighted by Gasteiger charge is 2.23. The summed E-state index contributed by atoms with van der Waals surface area (Å²) >= 11 is 0. The van der Waals surface area contributed by atoms with Crippen molar-refractivity contribution < 1.29 is 33.0 Å². The lowest BCUT2D eigenvalue weighted by Crippen LogP contribution is -2.11. The maximum absolute atomic E-state index is 13.5. The molecule has 0 aliphatic carbocycles. The predicted octanol–water partition coefficient (Wildman–Crippen LogP) is 4.16. The summed E-state index contributed by atoms with van der Waals surface area (Å²) < 4.78 is 39.9. The summed E-state index contributed by atoms with van der Waals surface area (Å²) in [6, 6.07) is 6.55. The molecule has 126 valence electrons. The van der Waals surface area contributed by atoms with Crippen molar-refractivity contribution in [2.75, 3.05) is 0 Å². The second-order valence-corrected chi connectivity index (χ2v) is 5.01. The molecule has 0 amide bonds. The molecule has 0 heterocycles. The molecule has 4 nitrogen and oxygen atoms in total. The Morgan fingerprint density at radius 3 is 2.04 bits per heavy atom. The Bertz CT molecular complexity index is 803. The fraction of sp³-hybridized carbons (Fsp3) is 0.176. The number of alkyl halides is 3. The number of carboxylic acid groups (broad SMARTS) is 2. The Kier molecular flexibility index (Phi) is 5.23. The minimum absolute atomic E-state index is 0.0304. The van der Waals surface area contributed by atoms with Crippen LogP contribution in [0.15, 0.2) is 30.3 Å². The number of hydrogen-bond donors (Lipinski definition) is 2. The zero-order valence-electron chi connectivity index (χ0n) is 12.4. The normalized spacial score (nSPS) is 10.6. The Labute approximate surface area is 135 Å². The average Bonchev–Trinajstić information content (AvgIpc) is 2.59. The van der Waals surface area contributed by atoms with Gasteiger partial charge in [0.05, 0.1) is 11.1 Å². The van der Waals surface area contributed by atoms with Gasteiger partial charge in [0.25, 0.3) is 0 Å². The lowest BCUT2D eigenvalue weighted by atomic mass is 9.89. The van der Waals surface area contributed by atoms with Crippen LogP contribution < -0.4 is 0 Å². The first kappa shape index (κ1) is 17.5. The molecule has 0 unspecified atom stereocenters. The van der Waals surface area contributed by atoms with Crippen LogP contribution >= 0.6 is 0 Å². The van der Waals surface area contributed by atoms with Gasteiger partial charge in [0, 0.05) is 11.1 Å². The molecule has 0 aliphatic rings. The second kappa shape index (κ2) is 7.16. The molecular formula is C17H13F3O4. The van der Waals surface area contributed by atoms with Gasteiger partial charge in [-0.15, -0.1) is 0 Å². The summed E-state index contributed by atoms with van der Waals surface area (Å²) in [5.74, 6) is -2.79. The van der Waals surface area contributed by atoms with Crippen molar-refractivity contribution >= 4 is 11.9 Å². The maximum atomic E-state index is 13.5. The topological polar surface area (TPSA) is 74.6 Å². The van der Waals surface area contributed by atoms with Gasteiger partial charge in [-0.05, 0) is 34.9 Å². The molecule has 0 bridgehead atoms. The van der Waals surface area contributed by atoms with Gasteiger partial charge in [-0.3, -0.25) is 0 Å². The fourth-order valence-corrected chi connectivity index (χ4v) is 2.57. The highest BCUT2D eigenvalue weighted by atomic mass is 19.1. The molecule has 0 aliphatic heterocycles. The Morgan fingerprint density at radius 2 is 1.54 bits per heavy atom. The number of halogens is 3. The van der Waals surface area contributed by atoms with E-state index in [0.29, 0.717) is 0 Å². The summed E-state index contributed by atoms with van der Waals surface area (Å²) in [7, 11) is 0. The van der Waals surface area contributed by atoms with Crippen molar-refractivity contribution in [3.63, 3.8) is 0 Å². The molecule has 2 aromatic carbocycles. The van der Waals surface area contributed by atoms with E-state index in [-0.39, 0.29) is 27.8 Å². The van der Waals surface area contributed by atoms with Gasteiger partial charge in [-0.25, -0.2) is 22.8 Å². The second-order valence-electron chi connectivity index (χ2n) is 5.01. The first-order valence-corrected chi connectivity index (χ1v) is 6.87. The molecule has 2 N–H and O–H groups in total. The van der Waals surface area contributed by atoms with Crippen molar-refractivity contribution in [2.24, 2.45) is 0 Å². The van der Waals surface area contributed by atoms with Crippen molar-refractivity contribution in [2.45, 2.75) is 20.0 Å². The van der Waals surface area contributed by atoms with Crippen LogP contribution in [-0.2, 0) is 20.0 Å². The van der Waals surface area contributed by atoms with Crippen LogP contribution in [0.4, 0.5) is 13.2 Å². The number of benzene rings is 2. The number of hydrogen-bond acceptors (Lipinski definition) is 2. The van der Waals surface area contributed by atoms with Gasteiger partial charge in [0.15, 0.2) is 0 Å². The zero-order valence-corrected chi connectivity index (χ0v) is 12.4. The summed E-state index contributed by atoms with van der Waals surface area (Å²) in [5, 5.41) is 18.3. The van der Waals surface area contributed by atoms with Crippen LogP contribution in [0, 0.1) is 0 Å². The first-order chi connectivity index (χ1) is 11.4.